The molecule has 27 heavy (non-hydrogen) atoms. The third-order valence-electron chi connectivity index (χ3n) is 5.45. The van der Waals surface area contributed by atoms with Gasteiger partial charge in [-0.2, -0.15) is 0 Å². The average molecular weight is 368 g/mol. The summed E-state index contributed by atoms with van der Waals surface area (Å²) in [7, 11) is 4.48. The third-order valence-corrected chi connectivity index (χ3v) is 5.45. The van der Waals surface area contributed by atoms with Gasteiger partial charge in [-0.15, -0.1) is 0 Å². The predicted octanol–water partition coefficient (Wildman–Crippen LogP) is 1.95. The van der Waals surface area contributed by atoms with Crippen LogP contribution in [-0.4, -0.2) is 50.2 Å². The molecule has 6 heteroatoms. The molecule has 2 aliphatic rings. The highest BCUT2D eigenvalue weighted by atomic mass is 16.5. The van der Waals surface area contributed by atoms with E-state index in [4.69, 9.17) is 14.2 Å². The molecule has 6 nitrogen and oxygen atoms in total. The molecule has 2 aliphatic carbocycles. The Morgan fingerprint density at radius 1 is 0.852 bits per heavy atom. The molecule has 0 aliphatic heterocycles. The first-order valence-electron chi connectivity index (χ1n) is 8.72. The van der Waals surface area contributed by atoms with Crippen LogP contribution in [0.15, 0.2) is 24.3 Å². The summed E-state index contributed by atoms with van der Waals surface area (Å²) in [6, 6.07) is 6.74. The molecular weight excluding hydrogens is 348 g/mol. The maximum Gasteiger partial charge on any atom is 0.198 e. The summed E-state index contributed by atoms with van der Waals surface area (Å²) in [6.07, 6.45) is -0.538. The highest BCUT2D eigenvalue weighted by Crippen LogP contribution is 2.46. The first kappa shape index (κ1) is 17.7. The van der Waals surface area contributed by atoms with Crippen LogP contribution in [0.25, 0.3) is 0 Å². The first-order valence-corrected chi connectivity index (χ1v) is 8.72. The molecule has 4 rings (SSSR count). The molecule has 0 aromatic heterocycles. The Kier molecular flexibility index (Phi) is 4.25. The van der Waals surface area contributed by atoms with Crippen LogP contribution >= 0.6 is 0 Å². The van der Waals surface area contributed by atoms with E-state index in [9.17, 15) is 14.7 Å². The standard InChI is InChI=1S/C21H20O6/c1-25-15-9-13-12(8-14(15)22)20(26-2)16-17(21(13)27-3)19(24)11-7-5-4-6-10(11)18(16)23/h4-7,14-15,22H,8-9H2,1-3H3/t14-,15-/m1/s1. The number of hydrogen-bond donors (Lipinski definition) is 1. The lowest BCUT2D eigenvalue weighted by Crippen LogP contribution is -2.37. The maximum absolute atomic E-state index is 13.2. The number of aliphatic hydroxyl groups is 1. The molecule has 0 saturated heterocycles. The van der Waals surface area contributed by atoms with E-state index >= 15 is 0 Å². The van der Waals surface area contributed by atoms with Crippen LogP contribution in [0.5, 0.6) is 11.5 Å². The molecule has 0 heterocycles. The predicted molar refractivity (Wildman–Crippen MR) is 97.1 cm³/mol. The summed E-state index contributed by atoms with van der Waals surface area (Å²) in [5.41, 5.74) is 2.57. The number of carbonyl (C=O) groups is 2. The van der Waals surface area contributed by atoms with E-state index in [0.29, 0.717) is 34.6 Å². The first-order chi connectivity index (χ1) is 13.0. The van der Waals surface area contributed by atoms with Gasteiger partial charge in [0.2, 0.25) is 0 Å². The van der Waals surface area contributed by atoms with Crippen molar-refractivity contribution in [2.75, 3.05) is 21.3 Å². The summed E-state index contributed by atoms with van der Waals surface area (Å²) in [5.74, 6) is 0.157. The van der Waals surface area contributed by atoms with Gasteiger partial charge >= 0.3 is 0 Å². The fourth-order valence-electron chi connectivity index (χ4n) is 4.19. The van der Waals surface area contributed by atoms with Crippen molar-refractivity contribution in [2.45, 2.75) is 25.0 Å². The highest BCUT2D eigenvalue weighted by Gasteiger charge is 2.41. The van der Waals surface area contributed by atoms with Crippen molar-refractivity contribution >= 4 is 11.6 Å². The van der Waals surface area contributed by atoms with Gasteiger partial charge in [-0.05, 0) is 0 Å². The highest BCUT2D eigenvalue weighted by molar-refractivity contribution is 6.30. The van der Waals surface area contributed by atoms with Crippen LogP contribution < -0.4 is 9.47 Å². The zero-order valence-corrected chi connectivity index (χ0v) is 15.4. The molecule has 2 atom stereocenters. The summed E-state index contributed by atoms with van der Waals surface area (Å²) in [4.78, 5) is 26.4. The van der Waals surface area contributed by atoms with E-state index in [2.05, 4.69) is 0 Å². The number of rotatable bonds is 3. The number of fused-ring (bicyclic) bond motifs is 3. The fraction of sp³-hybridized carbons (Fsp3) is 0.333. The van der Waals surface area contributed by atoms with Crippen LogP contribution in [0.1, 0.15) is 43.0 Å². The van der Waals surface area contributed by atoms with Crippen LogP contribution in [-0.2, 0) is 17.6 Å². The SMILES string of the molecule is COc1c2c(c(OC)c3c1C(=O)c1ccccc1C3=O)C[C@@H](OC)[C@H](O)C2. The second-order valence-corrected chi connectivity index (χ2v) is 6.73. The monoisotopic (exact) mass is 368 g/mol. The number of methoxy groups -OCH3 is 3. The van der Waals surface area contributed by atoms with Gasteiger partial charge in [-0.25, -0.2) is 0 Å². The Morgan fingerprint density at radius 2 is 1.33 bits per heavy atom. The minimum Gasteiger partial charge on any atom is -0.496 e. The van der Waals surface area contributed by atoms with Crippen LogP contribution in [0.4, 0.5) is 0 Å². The normalized spacial score (nSPS) is 20.6. The van der Waals surface area contributed by atoms with E-state index in [1.165, 1.54) is 21.3 Å². The second-order valence-electron chi connectivity index (χ2n) is 6.73. The fourth-order valence-corrected chi connectivity index (χ4v) is 4.19. The second kappa shape index (κ2) is 6.48. The Balaban J connectivity index is 2.06. The Hall–Kier alpha value is -2.70. The maximum atomic E-state index is 13.2. The third kappa shape index (κ3) is 2.40. The summed E-state index contributed by atoms with van der Waals surface area (Å²) in [5, 5.41) is 10.4. The van der Waals surface area contributed by atoms with Crippen LogP contribution in [0.3, 0.4) is 0 Å². The number of hydrogen-bond acceptors (Lipinski definition) is 6. The lowest BCUT2D eigenvalue weighted by molar-refractivity contribution is -0.0169. The van der Waals surface area contributed by atoms with Gasteiger partial charge in [0.25, 0.3) is 0 Å². The van der Waals surface area contributed by atoms with Gasteiger partial charge in [0.05, 0.1) is 37.6 Å². The van der Waals surface area contributed by atoms with Crippen molar-refractivity contribution in [1.82, 2.24) is 0 Å². The smallest absolute Gasteiger partial charge is 0.198 e. The number of ether oxygens (including phenoxy) is 3. The Bertz CT molecular complexity index is 962. The molecule has 140 valence electrons. The molecule has 0 saturated carbocycles. The Morgan fingerprint density at radius 3 is 1.78 bits per heavy atom. The number of ketones is 2. The van der Waals surface area contributed by atoms with Gasteiger partial charge in [0, 0.05) is 42.2 Å². The number of benzene rings is 2. The number of carbonyl (C=O) groups excluding carboxylic acids is 2. The molecule has 0 unspecified atom stereocenters. The summed E-state index contributed by atoms with van der Waals surface area (Å²) < 4.78 is 16.6. The van der Waals surface area contributed by atoms with Crippen molar-refractivity contribution in [3.05, 3.63) is 57.6 Å². The lowest BCUT2D eigenvalue weighted by atomic mass is 9.76. The topological polar surface area (TPSA) is 82.1 Å². The lowest BCUT2D eigenvalue weighted by Gasteiger charge is -2.33. The van der Waals surface area contributed by atoms with Crippen molar-refractivity contribution in [3.8, 4) is 11.5 Å². The van der Waals surface area contributed by atoms with Gasteiger partial charge in [-0.3, -0.25) is 9.59 Å². The largest absolute Gasteiger partial charge is 0.496 e. The molecule has 1 N–H and O–H groups in total. The summed E-state index contributed by atoms with van der Waals surface area (Å²) >= 11 is 0. The van der Waals surface area contributed by atoms with Crippen molar-refractivity contribution in [3.63, 3.8) is 0 Å². The van der Waals surface area contributed by atoms with E-state index in [1.807, 2.05) is 0 Å². The zero-order chi connectivity index (χ0) is 19.3. The van der Waals surface area contributed by atoms with Crippen LogP contribution in [0, 0.1) is 0 Å². The van der Waals surface area contributed by atoms with E-state index in [1.54, 1.807) is 24.3 Å². The summed E-state index contributed by atoms with van der Waals surface area (Å²) in [6.45, 7) is 0. The molecule has 0 fully saturated rings. The molecule has 0 radical (unpaired) electrons. The zero-order valence-electron chi connectivity index (χ0n) is 15.4. The minimum atomic E-state index is -0.735. The molecule has 0 spiro atoms. The van der Waals surface area contributed by atoms with Gasteiger partial charge < -0.3 is 19.3 Å². The molecule has 2 aromatic carbocycles. The van der Waals surface area contributed by atoms with E-state index < -0.39 is 12.2 Å². The van der Waals surface area contributed by atoms with Crippen LogP contribution in [0.2, 0.25) is 0 Å². The molecule has 0 bridgehead atoms. The van der Waals surface area contributed by atoms with Gasteiger partial charge in [0.15, 0.2) is 11.6 Å². The number of aliphatic hydroxyl groups excluding tert-OH is 1. The van der Waals surface area contributed by atoms with Crippen molar-refractivity contribution < 1.29 is 28.9 Å². The van der Waals surface area contributed by atoms with E-state index in [-0.39, 0.29) is 29.1 Å². The minimum absolute atomic E-state index is 0.208. The average Bonchev–Trinajstić information content (AvgIpc) is 2.69. The Labute approximate surface area is 156 Å². The molecule has 0 amide bonds. The van der Waals surface area contributed by atoms with E-state index in [0.717, 1.165) is 5.56 Å². The molecule has 2 aromatic rings. The molecular formula is C21H20O6. The van der Waals surface area contributed by atoms with Crippen molar-refractivity contribution in [2.24, 2.45) is 0 Å². The quantitative estimate of drug-likeness (QED) is 0.761. The van der Waals surface area contributed by atoms with Gasteiger partial charge in [0.1, 0.15) is 11.5 Å². The van der Waals surface area contributed by atoms with Gasteiger partial charge in [-0.1, -0.05) is 24.3 Å². The van der Waals surface area contributed by atoms with Crippen molar-refractivity contribution in [1.29, 1.82) is 0 Å².